The number of sulfonamides is 1. The lowest BCUT2D eigenvalue weighted by Gasteiger charge is -2.42. The number of halogens is 3. The van der Waals surface area contributed by atoms with Gasteiger partial charge in [0.05, 0.1) is 4.90 Å². The maximum absolute atomic E-state index is 16.4. The lowest BCUT2D eigenvalue weighted by molar-refractivity contribution is -0.149. The second-order valence-electron chi connectivity index (χ2n) is 13.6. The first-order valence-electron chi connectivity index (χ1n) is 15.5. The van der Waals surface area contributed by atoms with Crippen LogP contribution in [0, 0.1) is 0 Å². The highest BCUT2D eigenvalue weighted by molar-refractivity contribution is 9.10. The standard InChI is InChI=1S/C34H40BrF2N3O5S/c1-20(2)21-6-7-23-17-29(15-8-22(23)16-21)46(43,44)39-30(34(36,37)24-9-11-25(35)12-10-24)31(41)40-27-13-14-28(40)19-26(18-27)38-32(42)45-33(3,4)5/h6-12,15-17,20,26-28,30,39H,13-14,18-19H2,1-5H3,(H,38,42). The molecule has 2 amide bonds. The summed E-state index contributed by atoms with van der Waals surface area (Å²) in [6.07, 6.45) is 1.20. The summed E-state index contributed by atoms with van der Waals surface area (Å²) in [6.45, 7) is 9.37. The molecule has 2 bridgehead atoms. The normalized spacial score (nSPS) is 21.0. The van der Waals surface area contributed by atoms with E-state index in [1.807, 2.05) is 12.1 Å². The molecule has 3 aromatic rings. The van der Waals surface area contributed by atoms with Crippen molar-refractivity contribution in [3.63, 3.8) is 0 Å². The average molecular weight is 721 g/mol. The fraction of sp³-hybridized carbons (Fsp3) is 0.471. The number of benzene rings is 3. The van der Waals surface area contributed by atoms with Gasteiger partial charge >= 0.3 is 6.09 Å². The third kappa shape index (κ3) is 7.39. The van der Waals surface area contributed by atoms with Crippen LogP contribution < -0.4 is 10.0 Å². The van der Waals surface area contributed by atoms with E-state index in [0.29, 0.717) is 35.5 Å². The van der Waals surface area contributed by atoms with Crippen LogP contribution in [-0.4, -0.2) is 55.1 Å². The monoisotopic (exact) mass is 719 g/mol. The number of ether oxygens (including phenoxy) is 1. The minimum Gasteiger partial charge on any atom is -0.444 e. The molecule has 0 radical (unpaired) electrons. The van der Waals surface area contributed by atoms with Crippen molar-refractivity contribution < 1.29 is 31.5 Å². The fourth-order valence-corrected chi connectivity index (χ4v) is 7.88. The number of carbonyl (C=O) groups excluding carboxylic acids is 2. The van der Waals surface area contributed by atoms with Gasteiger partial charge in [0.15, 0.2) is 6.04 Å². The van der Waals surface area contributed by atoms with Crippen LogP contribution >= 0.6 is 15.9 Å². The Morgan fingerprint density at radius 3 is 2.11 bits per heavy atom. The number of alkyl halides is 2. The summed E-state index contributed by atoms with van der Waals surface area (Å²) in [5.41, 5.74) is -0.101. The Bertz CT molecular complexity index is 1710. The van der Waals surface area contributed by atoms with Crippen molar-refractivity contribution in [3.05, 3.63) is 76.3 Å². The molecule has 2 fully saturated rings. The number of fused-ring (bicyclic) bond motifs is 3. The van der Waals surface area contributed by atoms with E-state index in [4.69, 9.17) is 4.74 Å². The van der Waals surface area contributed by atoms with E-state index in [1.54, 1.807) is 32.9 Å². The van der Waals surface area contributed by atoms with Crippen molar-refractivity contribution in [2.75, 3.05) is 0 Å². The van der Waals surface area contributed by atoms with Gasteiger partial charge in [-0.3, -0.25) is 4.79 Å². The van der Waals surface area contributed by atoms with Gasteiger partial charge in [0.2, 0.25) is 15.9 Å². The second-order valence-corrected chi connectivity index (χ2v) is 16.2. The third-order valence-corrected chi connectivity index (χ3v) is 10.6. The van der Waals surface area contributed by atoms with Gasteiger partial charge in [-0.05, 0) is 93.0 Å². The molecule has 5 rings (SSSR count). The summed E-state index contributed by atoms with van der Waals surface area (Å²) in [5, 5.41) is 4.30. The first kappa shape index (κ1) is 34.3. The predicted octanol–water partition coefficient (Wildman–Crippen LogP) is 7.21. The summed E-state index contributed by atoms with van der Waals surface area (Å²) in [4.78, 5) is 27.8. The summed E-state index contributed by atoms with van der Waals surface area (Å²) >= 11 is 3.24. The number of carbonyl (C=O) groups is 2. The van der Waals surface area contributed by atoms with Crippen molar-refractivity contribution in [3.8, 4) is 0 Å². The highest BCUT2D eigenvalue weighted by Gasteiger charge is 2.54. The summed E-state index contributed by atoms with van der Waals surface area (Å²) in [5.74, 6) is -4.61. The van der Waals surface area contributed by atoms with Crippen LogP contribution in [0.1, 0.15) is 77.3 Å². The van der Waals surface area contributed by atoms with E-state index in [9.17, 15) is 18.0 Å². The summed E-state index contributed by atoms with van der Waals surface area (Å²) in [6, 6.07) is 11.7. The van der Waals surface area contributed by atoms with Gasteiger partial charge in [0, 0.05) is 28.2 Å². The molecule has 2 aliphatic rings. The van der Waals surface area contributed by atoms with Gasteiger partial charge in [-0.15, -0.1) is 0 Å². The molecular weight excluding hydrogens is 680 g/mol. The molecule has 12 heteroatoms. The van der Waals surface area contributed by atoms with Crippen LogP contribution in [0.25, 0.3) is 10.8 Å². The number of hydrogen-bond donors (Lipinski definition) is 2. The minimum atomic E-state index is -4.58. The first-order chi connectivity index (χ1) is 21.4. The number of rotatable bonds is 8. The molecule has 0 aromatic heterocycles. The highest BCUT2D eigenvalue weighted by atomic mass is 79.9. The molecule has 2 N–H and O–H groups in total. The Morgan fingerprint density at radius 2 is 1.52 bits per heavy atom. The van der Waals surface area contributed by atoms with Crippen molar-refractivity contribution in [1.82, 2.24) is 14.9 Å². The van der Waals surface area contributed by atoms with Gasteiger partial charge in [-0.1, -0.05) is 66.2 Å². The second kappa shape index (κ2) is 12.8. The van der Waals surface area contributed by atoms with Gasteiger partial charge in [-0.25, -0.2) is 13.2 Å². The molecule has 8 nitrogen and oxygen atoms in total. The minimum absolute atomic E-state index is 0.218. The molecule has 3 atom stereocenters. The van der Waals surface area contributed by atoms with E-state index in [0.717, 1.165) is 10.9 Å². The van der Waals surface area contributed by atoms with Crippen molar-refractivity contribution in [2.24, 2.45) is 0 Å². The van der Waals surface area contributed by atoms with Crippen molar-refractivity contribution >= 4 is 48.7 Å². The molecule has 46 heavy (non-hydrogen) atoms. The zero-order valence-corrected chi connectivity index (χ0v) is 28.9. The molecule has 0 saturated carbocycles. The number of amides is 2. The maximum atomic E-state index is 16.4. The van der Waals surface area contributed by atoms with Crippen LogP contribution in [0.2, 0.25) is 0 Å². The quantitative estimate of drug-likeness (QED) is 0.256. The highest BCUT2D eigenvalue weighted by Crippen LogP contribution is 2.40. The van der Waals surface area contributed by atoms with E-state index < -0.39 is 57.2 Å². The summed E-state index contributed by atoms with van der Waals surface area (Å²) < 4.78 is 68.4. The molecule has 248 valence electrons. The number of piperidine rings is 1. The fourth-order valence-electron chi connectivity index (χ4n) is 6.39. The van der Waals surface area contributed by atoms with Crippen LogP contribution in [-0.2, 0) is 25.5 Å². The van der Waals surface area contributed by atoms with Crippen molar-refractivity contribution in [2.45, 2.75) is 107 Å². The van der Waals surface area contributed by atoms with Gasteiger partial charge in [0.1, 0.15) is 5.60 Å². The van der Waals surface area contributed by atoms with Crippen LogP contribution in [0.3, 0.4) is 0 Å². The van der Waals surface area contributed by atoms with E-state index >= 15 is 8.78 Å². The van der Waals surface area contributed by atoms with E-state index in [-0.39, 0.29) is 16.9 Å². The molecule has 3 aromatic carbocycles. The number of alkyl carbamates (subject to hydrolysis) is 1. The Kier molecular flexibility index (Phi) is 9.56. The predicted molar refractivity (Wildman–Crippen MR) is 176 cm³/mol. The maximum Gasteiger partial charge on any atom is 0.407 e. The largest absolute Gasteiger partial charge is 0.444 e. The molecule has 2 saturated heterocycles. The number of nitrogens with zero attached hydrogens (tertiary/aromatic N) is 1. The Labute approximate surface area is 277 Å². The molecule has 2 aliphatic heterocycles. The topological polar surface area (TPSA) is 105 Å². The zero-order valence-electron chi connectivity index (χ0n) is 26.5. The number of hydrogen-bond acceptors (Lipinski definition) is 5. The Morgan fingerprint density at radius 1 is 0.935 bits per heavy atom. The van der Waals surface area contributed by atoms with E-state index in [2.05, 4.69) is 39.8 Å². The number of nitrogens with one attached hydrogen (secondary N) is 2. The molecular formula is C34H40BrF2N3O5S. The Balaban J connectivity index is 1.45. The lowest BCUT2D eigenvalue weighted by atomic mass is 9.94. The average Bonchev–Trinajstić information content (AvgIpc) is 3.24. The smallest absolute Gasteiger partial charge is 0.407 e. The van der Waals surface area contributed by atoms with Crippen LogP contribution in [0.15, 0.2) is 70.0 Å². The first-order valence-corrected chi connectivity index (χ1v) is 17.7. The van der Waals surface area contributed by atoms with E-state index in [1.165, 1.54) is 41.3 Å². The summed E-state index contributed by atoms with van der Waals surface area (Å²) in [7, 11) is -4.58. The van der Waals surface area contributed by atoms with Crippen LogP contribution in [0.4, 0.5) is 13.6 Å². The SMILES string of the molecule is CC(C)c1ccc2cc(S(=O)(=O)NC(C(=O)N3C4CCC3CC(NC(=O)OC(C)(C)C)C4)C(F)(F)c3ccc(Br)cc3)ccc2c1. The zero-order chi connectivity index (χ0) is 33.6. The lowest BCUT2D eigenvalue weighted by Crippen LogP contribution is -2.61. The Hall–Kier alpha value is -3.09. The van der Waals surface area contributed by atoms with Gasteiger partial charge < -0.3 is 15.0 Å². The van der Waals surface area contributed by atoms with Gasteiger partial charge in [-0.2, -0.15) is 13.5 Å². The van der Waals surface area contributed by atoms with Crippen molar-refractivity contribution in [1.29, 1.82) is 0 Å². The molecule has 0 aliphatic carbocycles. The van der Waals surface area contributed by atoms with Crippen LogP contribution in [0.5, 0.6) is 0 Å². The molecule has 0 spiro atoms. The van der Waals surface area contributed by atoms with Gasteiger partial charge in [0.25, 0.3) is 5.92 Å². The molecule has 2 heterocycles. The molecule has 3 unspecified atom stereocenters. The third-order valence-electron chi connectivity index (χ3n) is 8.63.